The first-order chi connectivity index (χ1) is 12.3. The van der Waals surface area contributed by atoms with Crippen LogP contribution < -0.4 is 5.32 Å². The number of rotatable bonds is 4. The highest BCUT2D eigenvalue weighted by molar-refractivity contribution is 6.42. The number of nitrogens with one attached hydrogen (secondary N) is 2. The van der Waals surface area contributed by atoms with Gasteiger partial charge in [0.15, 0.2) is 0 Å². The van der Waals surface area contributed by atoms with Gasteiger partial charge in [-0.15, -0.1) is 0 Å². The molecule has 1 amide bonds. The number of nitro groups is 1. The van der Waals surface area contributed by atoms with Crippen molar-refractivity contribution in [3.05, 3.63) is 68.3 Å². The Bertz CT molecular complexity index is 1020. The van der Waals surface area contributed by atoms with Gasteiger partial charge in [0.1, 0.15) is 11.4 Å². The van der Waals surface area contributed by atoms with Crippen molar-refractivity contribution < 1.29 is 14.8 Å². The number of halogens is 2. The Balaban J connectivity index is 1.83. The molecule has 1 aromatic heterocycles. The molecular formula is C16H10Cl2N4O4. The Morgan fingerprint density at radius 1 is 1.15 bits per heavy atom. The van der Waals surface area contributed by atoms with Crippen molar-refractivity contribution in [1.29, 1.82) is 0 Å². The normalized spacial score (nSPS) is 10.5. The Labute approximate surface area is 156 Å². The summed E-state index contributed by atoms with van der Waals surface area (Å²) in [4.78, 5) is 22.5. The summed E-state index contributed by atoms with van der Waals surface area (Å²) in [6.07, 6.45) is 0. The van der Waals surface area contributed by atoms with Crippen LogP contribution in [-0.4, -0.2) is 26.1 Å². The number of hydrogen-bond donors (Lipinski definition) is 3. The highest BCUT2D eigenvalue weighted by Gasteiger charge is 2.16. The number of nitro benzene ring substituents is 1. The molecule has 0 aliphatic heterocycles. The molecule has 3 rings (SSSR count). The quantitative estimate of drug-likeness (QED) is 0.348. The van der Waals surface area contributed by atoms with Crippen LogP contribution in [0.15, 0.2) is 42.5 Å². The Hall–Kier alpha value is -3.10. The molecule has 0 fully saturated rings. The van der Waals surface area contributed by atoms with Crippen molar-refractivity contribution in [3.63, 3.8) is 0 Å². The molecular weight excluding hydrogens is 383 g/mol. The number of phenolic OH excluding ortho intramolecular Hbond substituents is 1. The summed E-state index contributed by atoms with van der Waals surface area (Å²) in [7, 11) is 0. The molecule has 1 heterocycles. The number of carbonyl (C=O) groups excluding carboxylic acids is 1. The van der Waals surface area contributed by atoms with Gasteiger partial charge in [0.25, 0.3) is 11.6 Å². The van der Waals surface area contributed by atoms with Crippen LogP contribution in [0.5, 0.6) is 5.75 Å². The first kappa shape index (κ1) is 17.7. The number of benzene rings is 2. The minimum absolute atomic E-state index is 0.0881. The number of H-pyrrole nitrogens is 1. The molecule has 0 aliphatic carbocycles. The Morgan fingerprint density at radius 3 is 2.62 bits per heavy atom. The maximum Gasteiger partial charge on any atom is 0.273 e. The molecule has 0 spiro atoms. The third kappa shape index (κ3) is 3.61. The molecule has 3 aromatic rings. The number of non-ortho nitro benzene ring substituents is 1. The number of aromatic nitrogens is 2. The van der Waals surface area contributed by atoms with E-state index < -0.39 is 10.8 Å². The van der Waals surface area contributed by atoms with Gasteiger partial charge in [-0.2, -0.15) is 5.10 Å². The summed E-state index contributed by atoms with van der Waals surface area (Å²) in [5.41, 5.74) is 0.843. The van der Waals surface area contributed by atoms with Crippen molar-refractivity contribution in [2.24, 2.45) is 0 Å². The van der Waals surface area contributed by atoms with Crippen molar-refractivity contribution in [1.82, 2.24) is 10.2 Å². The summed E-state index contributed by atoms with van der Waals surface area (Å²) in [6, 6.07) is 9.69. The van der Waals surface area contributed by atoms with E-state index in [0.717, 1.165) is 18.2 Å². The molecule has 3 N–H and O–H groups in total. The molecule has 0 radical (unpaired) electrons. The highest BCUT2D eigenvalue weighted by atomic mass is 35.5. The fraction of sp³-hybridized carbons (Fsp3) is 0. The summed E-state index contributed by atoms with van der Waals surface area (Å²) in [5, 5.41) is 30.3. The molecule has 2 aromatic carbocycles. The zero-order valence-corrected chi connectivity index (χ0v) is 14.4. The standard InChI is InChI=1S/C16H10Cl2N4O4/c17-10-3-1-8(5-11(10)18)12-7-14(21-20-12)16(24)19-13-6-9(22(25)26)2-4-15(13)23/h1-7,23H,(H,19,24)(H,20,21). The van der Waals surface area contributed by atoms with Crippen molar-refractivity contribution in [3.8, 4) is 17.0 Å². The SMILES string of the molecule is O=C(Nc1cc([N+](=O)[O-])ccc1O)c1cc(-c2ccc(Cl)c(Cl)c2)n[nH]1. The van der Waals surface area contributed by atoms with Crippen LogP contribution in [0, 0.1) is 10.1 Å². The number of anilines is 1. The van der Waals surface area contributed by atoms with E-state index in [-0.39, 0.29) is 22.8 Å². The average Bonchev–Trinajstić information content (AvgIpc) is 3.09. The summed E-state index contributed by atoms with van der Waals surface area (Å²) < 4.78 is 0. The molecule has 0 atom stereocenters. The van der Waals surface area contributed by atoms with Crippen molar-refractivity contribution in [2.75, 3.05) is 5.32 Å². The van der Waals surface area contributed by atoms with Gasteiger partial charge in [-0.3, -0.25) is 20.0 Å². The monoisotopic (exact) mass is 392 g/mol. The second-order valence-corrected chi connectivity index (χ2v) is 6.02. The fourth-order valence-electron chi connectivity index (χ4n) is 2.17. The molecule has 0 bridgehead atoms. The lowest BCUT2D eigenvalue weighted by atomic mass is 10.1. The first-order valence-corrected chi connectivity index (χ1v) is 7.90. The smallest absolute Gasteiger partial charge is 0.273 e. The lowest BCUT2D eigenvalue weighted by Crippen LogP contribution is -2.12. The Morgan fingerprint density at radius 2 is 1.92 bits per heavy atom. The predicted molar refractivity (Wildman–Crippen MR) is 96.8 cm³/mol. The first-order valence-electron chi connectivity index (χ1n) is 7.15. The van der Waals surface area contributed by atoms with Crippen LogP contribution in [0.1, 0.15) is 10.5 Å². The van der Waals surface area contributed by atoms with Gasteiger partial charge < -0.3 is 10.4 Å². The molecule has 0 saturated heterocycles. The number of hydrogen-bond acceptors (Lipinski definition) is 5. The van der Waals surface area contributed by atoms with Crippen LogP contribution in [0.3, 0.4) is 0 Å². The van der Waals surface area contributed by atoms with E-state index in [1.807, 2.05) is 0 Å². The van der Waals surface area contributed by atoms with Crippen LogP contribution in [0.25, 0.3) is 11.3 Å². The third-order valence-electron chi connectivity index (χ3n) is 3.48. The van der Waals surface area contributed by atoms with E-state index in [9.17, 15) is 20.0 Å². The lowest BCUT2D eigenvalue weighted by molar-refractivity contribution is -0.384. The molecule has 0 unspecified atom stereocenters. The molecule has 0 saturated carbocycles. The van der Waals surface area contributed by atoms with Crippen LogP contribution >= 0.6 is 23.2 Å². The van der Waals surface area contributed by atoms with Crippen molar-refractivity contribution >= 4 is 40.5 Å². The number of aromatic hydroxyl groups is 1. The van der Waals surface area contributed by atoms with Gasteiger partial charge in [0.05, 0.1) is 26.3 Å². The van der Waals surface area contributed by atoms with E-state index in [0.29, 0.717) is 21.3 Å². The molecule has 8 nitrogen and oxygen atoms in total. The highest BCUT2D eigenvalue weighted by Crippen LogP contribution is 2.29. The fourth-order valence-corrected chi connectivity index (χ4v) is 2.47. The van der Waals surface area contributed by atoms with Crippen LogP contribution in [0.2, 0.25) is 10.0 Å². The zero-order chi connectivity index (χ0) is 18.8. The number of aromatic amines is 1. The van der Waals surface area contributed by atoms with Crippen molar-refractivity contribution in [2.45, 2.75) is 0 Å². The second-order valence-electron chi connectivity index (χ2n) is 5.21. The number of nitrogens with zero attached hydrogens (tertiary/aromatic N) is 2. The maximum atomic E-state index is 12.3. The third-order valence-corrected chi connectivity index (χ3v) is 4.22. The summed E-state index contributed by atoms with van der Waals surface area (Å²) in [5.74, 6) is -0.923. The molecule has 0 aliphatic rings. The molecule has 132 valence electrons. The number of phenols is 1. The van der Waals surface area contributed by atoms with Gasteiger partial charge in [-0.05, 0) is 24.3 Å². The largest absolute Gasteiger partial charge is 0.506 e. The number of carbonyl (C=O) groups is 1. The number of amides is 1. The van der Waals surface area contributed by atoms with E-state index in [1.54, 1.807) is 18.2 Å². The molecule has 26 heavy (non-hydrogen) atoms. The van der Waals surface area contributed by atoms with E-state index in [4.69, 9.17) is 23.2 Å². The zero-order valence-electron chi connectivity index (χ0n) is 12.9. The van der Waals surface area contributed by atoms with Gasteiger partial charge in [-0.1, -0.05) is 29.3 Å². The maximum absolute atomic E-state index is 12.3. The Kier molecular flexibility index (Phi) is 4.79. The van der Waals surface area contributed by atoms with E-state index in [1.165, 1.54) is 6.07 Å². The topological polar surface area (TPSA) is 121 Å². The van der Waals surface area contributed by atoms with E-state index in [2.05, 4.69) is 15.5 Å². The van der Waals surface area contributed by atoms with Gasteiger partial charge in [-0.25, -0.2) is 0 Å². The van der Waals surface area contributed by atoms with E-state index >= 15 is 0 Å². The molecule has 10 heteroatoms. The minimum atomic E-state index is -0.631. The lowest BCUT2D eigenvalue weighted by Gasteiger charge is -2.05. The summed E-state index contributed by atoms with van der Waals surface area (Å²) in [6.45, 7) is 0. The van der Waals surface area contributed by atoms with Gasteiger partial charge in [0.2, 0.25) is 0 Å². The minimum Gasteiger partial charge on any atom is -0.506 e. The average molecular weight is 393 g/mol. The van der Waals surface area contributed by atoms with Gasteiger partial charge >= 0.3 is 0 Å². The van der Waals surface area contributed by atoms with Gasteiger partial charge in [0, 0.05) is 17.7 Å². The second kappa shape index (κ2) is 7.03. The van der Waals surface area contributed by atoms with Crippen LogP contribution in [-0.2, 0) is 0 Å². The summed E-state index contributed by atoms with van der Waals surface area (Å²) >= 11 is 11.8. The predicted octanol–water partition coefficient (Wildman–Crippen LogP) is 4.25. The van der Waals surface area contributed by atoms with Crippen LogP contribution in [0.4, 0.5) is 11.4 Å².